The first kappa shape index (κ1) is 19.9. The highest BCUT2D eigenvalue weighted by Crippen LogP contribution is 2.18. The van der Waals surface area contributed by atoms with Crippen molar-refractivity contribution in [2.24, 2.45) is 4.99 Å². The Labute approximate surface area is 153 Å². The van der Waals surface area contributed by atoms with E-state index in [9.17, 15) is 4.39 Å². The van der Waals surface area contributed by atoms with E-state index < -0.39 is 0 Å². The van der Waals surface area contributed by atoms with Gasteiger partial charge in [-0.2, -0.15) is 0 Å². The normalized spacial score (nSPS) is 17.7. The topological polar surface area (TPSA) is 54.9 Å². The van der Waals surface area contributed by atoms with Gasteiger partial charge in [0.25, 0.3) is 0 Å². The number of nitrogens with one attached hydrogen (secondary N) is 2. The molecule has 1 aliphatic heterocycles. The predicted octanol–water partition coefficient (Wildman–Crippen LogP) is 2.77. The highest BCUT2D eigenvalue weighted by atomic mass is 35.5. The molecule has 1 fully saturated rings. The van der Waals surface area contributed by atoms with Crippen molar-refractivity contribution in [2.75, 3.05) is 40.0 Å². The quantitative estimate of drug-likeness (QED) is 0.398. The van der Waals surface area contributed by atoms with Gasteiger partial charge >= 0.3 is 0 Å². The summed E-state index contributed by atoms with van der Waals surface area (Å²) in [4.78, 5) is 4.15. The molecule has 1 saturated heterocycles. The van der Waals surface area contributed by atoms with E-state index in [4.69, 9.17) is 21.1 Å². The molecule has 7 heteroatoms. The first-order chi connectivity index (χ1) is 12.2. The third kappa shape index (κ3) is 7.18. The van der Waals surface area contributed by atoms with Gasteiger partial charge in [-0.3, -0.25) is 4.99 Å². The largest absolute Gasteiger partial charge is 0.379 e. The molecular weight excluding hydrogens is 345 g/mol. The molecular formula is C18H27ClFN3O2. The summed E-state index contributed by atoms with van der Waals surface area (Å²) in [5.41, 5.74) is 0.523. The molecule has 1 aromatic rings. The maximum absolute atomic E-state index is 13.7. The van der Waals surface area contributed by atoms with Gasteiger partial charge in [-0.1, -0.05) is 17.7 Å². The second-order valence-electron chi connectivity index (χ2n) is 5.94. The number of ether oxygens (including phenoxy) is 2. The minimum absolute atomic E-state index is 0.271. The lowest BCUT2D eigenvalue weighted by Crippen LogP contribution is -2.39. The molecule has 0 bridgehead atoms. The Hall–Kier alpha value is -1.37. The number of halogens is 2. The standard InChI is InChI=1S/C18H27ClFN3O2/c1-21-18(22-9-4-11-24-13-14-5-3-12-25-14)23-10-8-15-16(19)6-2-7-17(15)20/h2,6-7,14H,3-5,8-13H2,1H3,(H2,21,22,23). The van der Waals surface area contributed by atoms with Crippen LogP contribution < -0.4 is 10.6 Å². The summed E-state index contributed by atoms with van der Waals surface area (Å²) in [6.07, 6.45) is 3.88. The van der Waals surface area contributed by atoms with Crippen molar-refractivity contribution in [1.29, 1.82) is 0 Å². The van der Waals surface area contributed by atoms with Crippen molar-refractivity contribution in [3.05, 3.63) is 34.6 Å². The van der Waals surface area contributed by atoms with Gasteiger partial charge in [0.2, 0.25) is 0 Å². The Morgan fingerprint density at radius 1 is 1.40 bits per heavy atom. The van der Waals surface area contributed by atoms with E-state index in [-0.39, 0.29) is 11.9 Å². The SMILES string of the molecule is CN=C(NCCCOCC1CCCO1)NCCc1c(F)cccc1Cl. The molecule has 25 heavy (non-hydrogen) atoms. The van der Waals surface area contributed by atoms with Gasteiger partial charge in [-0.25, -0.2) is 4.39 Å². The number of benzene rings is 1. The number of aliphatic imine (C=N–C) groups is 1. The molecule has 0 aromatic heterocycles. The van der Waals surface area contributed by atoms with Crippen molar-refractivity contribution in [3.63, 3.8) is 0 Å². The molecule has 0 spiro atoms. The van der Waals surface area contributed by atoms with Crippen molar-refractivity contribution in [2.45, 2.75) is 31.8 Å². The Balaban J connectivity index is 1.56. The van der Waals surface area contributed by atoms with Crippen LogP contribution in [-0.4, -0.2) is 52.0 Å². The fourth-order valence-electron chi connectivity index (χ4n) is 2.67. The molecule has 1 aromatic carbocycles. The van der Waals surface area contributed by atoms with Crippen LogP contribution in [-0.2, 0) is 15.9 Å². The first-order valence-corrected chi connectivity index (χ1v) is 9.15. The summed E-state index contributed by atoms with van der Waals surface area (Å²) in [5.74, 6) is 0.409. The predicted molar refractivity (Wildman–Crippen MR) is 98.9 cm³/mol. The van der Waals surface area contributed by atoms with Crippen LogP contribution in [0.15, 0.2) is 23.2 Å². The van der Waals surface area contributed by atoms with E-state index in [1.54, 1.807) is 19.2 Å². The van der Waals surface area contributed by atoms with Gasteiger partial charge in [-0.05, 0) is 37.8 Å². The number of hydrogen-bond donors (Lipinski definition) is 2. The first-order valence-electron chi connectivity index (χ1n) is 8.77. The third-order valence-electron chi connectivity index (χ3n) is 4.04. The van der Waals surface area contributed by atoms with Crippen LogP contribution >= 0.6 is 11.6 Å². The van der Waals surface area contributed by atoms with Gasteiger partial charge in [-0.15, -0.1) is 0 Å². The molecule has 2 rings (SSSR count). The minimum atomic E-state index is -0.277. The van der Waals surface area contributed by atoms with Crippen LogP contribution in [0.25, 0.3) is 0 Å². The van der Waals surface area contributed by atoms with Crippen molar-refractivity contribution >= 4 is 17.6 Å². The van der Waals surface area contributed by atoms with E-state index in [1.165, 1.54) is 6.07 Å². The zero-order chi connectivity index (χ0) is 17.9. The molecule has 5 nitrogen and oxygen atoms in total. The van der Waals surface area contributed by atoms with E-state index in [2.05, 4.69) is 15.6 Å². The molecule has 1 atom stereocenters. The summed E-state index contributed by atoms with van der Waals surface area (Å²) < 4.78 is 24.8. The van der Waals surface area contributed by atoms with Gasteiger partial charge in [0, 0.05) is 43.9 Å². The van der Waals surface area contributed by atoms with Crippen LogP contribution in [0.2, 0.25) is 5.02 Å². The van der Waals surface area contributed by atoms with E-state index >= 15 is 0 Å². The summed E-state index contributed by atoms with van der Waals surface area (Å²) in [6, 6.07) is 4.73. The van der Waals surface area contributed by atoms with Crippen molar-refractivity contribution < 1.29 is 13.9 Å². The zero-order valence-corrected chi connectivity index (χ0v) is 15.4. The van der Waals surface area contributed by atoms with Gasteiger partial charge in [0.15, 0.2) is 5.96 Å². The Morgan fingerprint density at radius 2 is 2.24 bits per heavy atom. The highest BCUT2D eigenvalue weighted by molar-refractivity contribution is 6.31. The molecule has 0 saturated carbocycles. The lowest BCUT2D eigenvalue weighted by atomic mass is 10.1. The number of nitrogens with zero attached hydrogens (tertiary/aromatic N) is 1. The second kappa shape index (κ2) is 11.3. The van der Waals surface area contributed by atoms with Crippen LogP contribution in [0.1, 0.15) is 24.8 Å². The third-order valence-corrected chi connectivity index (χ3v) is 4.39. The summed E-state index contributed by atoms with van der Waals surface area (Å²) in [6.45, 7) is 3.53. The van der Waals surface area contributed by atoms with Crippen molar-refractivity contribution in [1.82, 2.24) is 10.6 Å². The van der Waals surface area contributed by atoms with Crippen LogP contribution in [0, 0.1) is 5.82 Å². The maximum atomic E-state index is 13.7. The molecule has 0 radical (unpaired) electrons. The van der Waals surface area contributed by atoms with Crippen molar-refractivity contribution in [3.8, 4) is 0 Å². The van der Waals surface area contributed by atoms with E-state index in [0.29, 0.717) is 42.7 Å². The summed E-state index contributed by atoms with van der Waals surface area (Å²) in [7, 11) is 1.71. The van der Waals surface area contributed by atoms with Gasteiger partial charge in [0.05, 0.1) is 12.7 Å². The molecule has 0 aliphatic carbocycles. The van der Waals surface area contributed by atoms with Gasteiger partial charge in [0.1, 0.15) is 5.82 Å². The van der Waals surface area contributed by atoms with Gasteiger partial charge < -0.3 is 20.1 Å². The average molecular weight is 372 g/mol. The molecule has 140 valence electrons. The molecule has 0 amide bonds. The highest BCUT2D eigenvalue weighted by Gasteiger charge is 2.14. The fourth-order valence-corrected chi connectivity index (χ4v) is 2.93. The Bertz CT molecular complexity index is 531. The van der Waals surface area contributed by atoms with E-state index in [1.807, 2.05) is 0 Å². The summed E-state index contributed by atoms with van der Waals surface area (Å²) in [5, 5.41) is 6.83. The number of hydrogen-bond acceptors (Lipinski definition) is 3. The number of guanidine groups is 1. The van der Waals surface area contributed by atoms with Crippen LogP contribution in [0.3, 0.4) is 0 Å². The second-order valence-corrected chi connectivity index (χ2v) is 6.35. The Kier molecular flexibility index (Phi) is 9.00. The lowest BCUT2D eigenvalue weighted by molar-refractivity contribution is 0.0168. The minimum Gasteiger partial charge on any atom is -0.379 e. The maximum Gasteiger partial charge on any atom is 0.190 e. The molecule has 2 N–H and O–H groups in total. The fraction of sp³-hybridized carbons (Fsp3) is 0.611. The Morgan fingerprint density at radius 3 is 2.96 bits per heavy atom. The monoisotopic (exact) mass is 371 g/mol. The van der Waals surface area contributed by atoms with E-state index in [0.717, 1.165) is 32.4 Å². The van der Waals surface area contributed by atoms with Crippen LogP contribution in [0.5, 0.6) is 0 Å². The average Bonchev–Trinajstić information content (AvgIpc) is 3.12. The lowest BCUT2D eigenvalue weighted by Gasteiger charge is -2.13. The zero-order valence-electron chi connectivity index (χ0n) is 14.7. The summed E-state index contributed by atoms with van der Waals surface area (Å²) >= 11 is 6.02. The molecule has 1 aliphatic rings. The smallest absolute Gasteiger partial charge is 0.190 e. The number of rotatable bonds is 9. The molecule has 1 unspecified atom stereocenters. The van der Waals surface area contributed by atoms with Crippen LogP contribution in [0.4, 0.5) is 4.39 Å². The molecule has 1 heterocycles.